The summed E-state index contributed by atoms with van der Waals surface area (Å²) in [4.78, 5) is 0. The topological polar surface area (TPSA) is 12.0 Å². The van der Waals surface area contributed by atoms with Crippen molar-refractivity contribution in [3.05, 3.63) is 34.4 Å². The first-order valence-corrected chi connectivity index (χ1v) is 8.16. The van der Waals surface area contributed by atoms with Crippen LogP contribution >= 0.6 is 0 Å². The van der Waals surface area contributed by atoms with E-state index in [2.05, 4.69) is 31.3 Å². The summed E-state index contributed by atoms with van der Waals surface area (Å²) < 4.78 is 0. The fourth-order valence-electron chi connectivity index (χ4n) is 3.80. The number of hydrogen-bond donors (Lipinski definition) is 1. The van der Waals surface area contributed by atoms with Crippen molar-refractivity contribution >= 4 is 0 Å². The molecule has 2 unspecified atom stereocenters. The molecule has 3 rings (SSSR count). The van der Waals surface area contributed by atoms with Crippen LogP contribution in [0.2, 0.25) is 0 Å². The zero-order valence-electron chi connectivity index (χ0n) is 12.5. The van der Waals surface area contributed by atoms with Crippen molar-refractivity contribution < 1.29 is 0 Å². The Morgan fingerprint density at radius 3 is 2.68 bits per heavy atom. The number of nitrogens with one attached hydrogen (secondary N) is 1. The van der Waals surface area contributed by atoms with Crippen LogP contribution in [0, 0.1) is 5.92 Å². The van der Waals surface area contributed by atoms with Crippen LogP contribution in [-0.2, 0) is 19.3 Å². The Balaban J connectivity index is 1.94. The Morgan fingerprint density at radius 2 is 1.89 bits per heavy atom. The number of benzene rings is 1. The molecule has 1 nitrogen and oxygen atoms in total. The minimum absolute atomic E-state index is 0.596. The van der Waals surface area contributed by atoms with E-state index in [0.717, 1.165) is 12.5 Å². The van der Waals surface area contributed by atoms with Crippen molar-refractivity contribution in [1.29, 1.82) is 0 Å². The molecule has 1 aromatic carbocycles. The van der Waals surface area contributed by atoms with Gasteiger partial charge in [0.15, 0.2) is 0 Å². The first kappa shape index (κ1) is 13.2. The average Bonchev–Trinajstić information content (AvgIpc) is 2.81. The van der Waals surface area contributed by atoms with Gasteiger partial charge in [-0.1, -0.05) is 26.0 Å². The van der Waals surface area contributed by atoms with Crippen LogP contribution in [0.1, 0.15) is 67.8 Å². The largest absolute Gasteiger partial charge is 0.310 e. The molecule has 19 heavy (non-hydrogen) atoms. The van der Waals surface area contributed by atoms with E-state index < -0.39 is 0 Å². The van der Waals surface area contributed by atoms with Crippen molar-refractivity contribution in [3.63, 3.8) is 0 Å². The minimum Gasteiger partial charge on any atom is -0.310 e. The Kier molecular flexibility index (Phi) is 3.93. The highest BCUT2D eigenvalue weighted by Crippen LogP contribution is 2.35. The van der Waals surface area contributed by atoms with Crippen molar-refractivity contribution in [2.75, 3.05) is 6.54 Å². The van der Waals surface area contributed by atoms with Crippen LogP contribution in [0.4, 0.5) is 0 Å². The quantitative estimate of drug-likeness (QED) is 0.801. The minimum atomic E-state index is 0.596. The Labute approximate surface area is 117 Å². The molecule has 0 spiro atoms. The van der Waals surface area contributed by atoms with Gasteiger partial charge in [0.25, 0.3) is 0 Å². The molecule has 0 saturated carbocycles. The van der Waals surface area contributed by atoms with Gasteiger partial charge in [0.05, 0.1) is 0 Å². The summed E-state index contributed by atoms with van der Waals surface area (Å²) in [6, 6.07) is 5.68. The molecule has 1 heteroatoms. The molecule has 1 aromatic rings. The summed E-state index contributed by atoms with van der Waals surface area (Å²) in [5.74, 6) is 0.844. The Hall–Kier alpha value is -0.820. The van der Waals surface area contributed by atoms with Crippen molar-refractivity contribution in [2.45, 2.75) is 64.8 Å². The van der Waals surface area contributed by atoms with Crippen LogP contribution in [0.25, 0.3) is 0 Å². The summed E-state index contributed by atoms with van der Waals surface area (Å²) in [5, 5.41) is 3.79. The molecule has 2 aliphatic rings. The van der Waals surface area contributed by atoms with E-state index in [9.17, 15) is 0 Å². The molecular weight excluding hydrogens is 230 g/mol. The molecule has 0 aromatic heterocycles. The van der Waals surface area contributed by atoms with Gasteiger partial charge in [0, 0.05) is 6.04 Å². The highest BCUT2D eigenvalue weighted by atomic mass is 14.9. The van der Waals surface area contributed by atoms with Gasteiger partial charge in [-0.15, -0.1) is 0 Å². The van der Waals surface area contributed by atoms with E-state index >= 15 is 0 Å². The molecule has 0 amide bonds. The van der Waals surface area contributed by atoms with Crippen LogP contribution in [-0.4, -0.2) is 6.54 Å². The molecule has 104 valence electrons. The molecule has 1 N–H and O–H groups in total. The van der Waals surface area contributed by atoms with Gasteiger partial charge in [0.1, 0.15) is 0 Å². The smallest absolute Gasteiger partial charge is 0.0325 e. The zero-order valence-corrected chi connectivity index (χ0v) is 12.5. The SMILES string of the molecule is CCCNC1CC(C)CCc2cc3c(cc21)CCC3. The molecular formula is C18H27N. The molecule has 0 saturated heterocycles. The van der Waals surface area contributed by atoms with Crippen LogP contribution in [0.3, 0.4) is 0 Å². The summed E-state index contributed by atoms with van der Waals surface area (Å²) >= 11 is 0. The second-order valence-electron chi connectivity index (χ2n) is 6.56. The number of hydrogen-bond acceptors (Lipinski definition) is 1. The first-order valence-electron chi connectivity index (χ1n) is 8.16. The van der Waals surface area contributed by atoms with Gasteiger partial charge in [-0.25, -0.2) is 0 Å². The Morgan fingerprint density at radius 1 is 1.11 bits per heavy atom. The Bertz CT molecular complexity index is 449. The zero-order chi connectivity index (χ0) is 13.2. The highest BCUT2D eigenvalue weighted by molar-refractivity contribution is 5.43. The van der Waals surface area contributed by atoms with Gasteiger partial charge >= 0.3 is 0 Å². The number of rotatable bonds is 3. The van der Waals surface area contributed by atoms with Crippen LogP contribution in [0.5, 0.6) is 0 Å². The second kappa shape index (κ2) is 5.66. The van der Waals surface area contributed by atoms with Crippen molar-refractivity contribution in [1.82, 2.24) is 5.32 Å². The molecule has 0 radical (unpaired) electrons. The molecule has 0 heterocycles. The summed E-state index contributed by atoms with van der Waals surface area (Å²) in [5.41, 5.74) is 6.54. The van der Waals surface area contributed by atoms with Gasteiger partial charge in [-0.05, 0) is 79.7 Å². The molecule has 2 atom stereocenters. The molecule has 2 aliphatic carbocycles. The van der Waals surface area contributed by atoms with E-state index in [-0.39, 0.29) is 0 Å². The third-order valence-electron chi connectivity index (χ3n) is 4.91. The summed E-state index contributed by atoms with van der Waals surface area (Å²) in [6.07, 6.45) is 9.16. The van der Waals surface area contributed by atoms with E-state index in [1.54, 1.807) is 22.3 Å². The fourth-order valence-corrected chi connectivity index (χ4v) is 3.80. The lowest BCUT2D eigenvalue weighted by Crippen LogP contribution is -2.23. The lowest BCUT2D eigenvalue weighted by atomic mass is 9.93. The van der Waals surface area contributed by atoms with Crippen molar-refractivity contribution in [2.24, 2.45) is 5.92 Å². The van der Waals surface area contributed by atoms with Gasteiger partial charge in [-0.2, -0.15) is 0 Å². The highest BCUT2D eigenvalue weighted by Gasteiger charge is 2.24. The standard InChI is InChI=1S/C18H27N/c1-3-9-19-18-10-13(2)7-8-16-11-14-5-4-6-15(14)12-17(16)18/h11-13,18-19H,3-10H2,1-2H3. The lowest BCUT2D eigenvalue weighted by molar-refractivity contribution is 0.409. The van der Waals surface area contributed by atoms with Gasteiger partial charge in [0.2, 0.25) is 0 Å². The predicted octanol–water partition coefficient (Wildman–Crippen LogP) is 4.19. The average molecular weight is 257 g/mol. The number of fused-ring (bicyclic) bond motifs is 2. The third kappa shape index (κ3) is 2.72. The summed E-state index contributed by atoms with van der Waals surface area (Å²) in [7, 11) is 0. The molecule has 0 fully saturated rings. The van der Waals surface area contributed by atoms with Crippen LogP contribution < -0.4 is 5.32 Å². The van der Waals surface area contributed by atoms with Gasteiger partial charge < -0.3 is 5.32 Å². The maximum absolute atomic E-state index is 3.79. The maximum atomic E-state index is 3.79. The van der Waals surface area contributed by atoms with Crippen LogP contribution in [0.15, 0.2) is 12.1 Å². The third-order valence-corrected chi connectivity index (χ3v) is 4.91. The normalized spacial score (nSPS) is 25.8. The second-order valence-corrected chi connectivity index (χ2v) is 6.56. The van der Waals surface area contributed by atoms with Gasteiger partial charge in [-0.3, -0.25) is 0 Å². The molecule has 0 aliphatic heterocycles. The van der Waals surface area contributed by atoms with Crippen molar-refractivity contribution in [3.8, 4) is 0 Å². The fraction of sp³-hybridized carbons (Fsp3) is 0.667. The molecule has 0 bridgehead atoms. The van der Waals surface area contributed by atoms with E-state index in [1.807, 2.05) is 0 Å². The first-order chi connectivity index (χ1) is 9.28. The van der Waals surface area contributed by atoms with E-state index in [1.165, 1.54) is 44.9 Å². The summed E-state index contributed by atoms with van der Waals surface area (Å²) in [6.45, 7) is 5.82. The van der Waals surface area contributed by atoms with E-state index in [4.69, 9.17) is 0 Å². The lowest BCUT2D eigenvalue weighted by Gasteiger charge is -2.22. The number of aryl methyl sites for hydroxylation is 3. The van der Waals surface area contributed by atoms with E-state index in [0.29, 0.717) is 6.04 Å². The monoisotopic (exact) mass is 257 g/mol. The maximum Gasteiger partial charge on any atom is 0.0325 e. The predicted molar refractivity (Wildman–Crippen MR) is 81.6 cm³/mol.